The highest BCUT2D eigenvalue weighted by atomic mass is 19.1. The summed E-state index contributed by atoms with van der Waals surface area (Å²) in [4.78, 5) is 4.63. The summed E-state index contributed by atoms with van der Waals surface area (Å²) in [5, 5.41) is 8.95. The zero-order chi connectivity index (χ0) is 15.8. The Bertz CT molecular complexity index is 717. The van der Waals surface area contributed by atoms with Crippen molar-refractivity contribution in [3.8, 4) is 17.3 Å². The van der Waals surface area contributed by atoms with Crippen molar-refractivity contribution in [3.05, 3.63) is 35.4 Å². The quantitative estimate of drug-likeness (QED) is 0.919. The topological polar surface area (TPSA) is 67.6 Å². The van der Waals surface area contributed by atoms with E-state index in [0.29, 0.717) is 23.6 Å². The predicted molar refractivity (Wildman–Crippen MR) is 81.1 cm³/mol. The predicted octanol–water partition coefficient (Wildman–Crippen LogP) is 3.46. The Hall–Kier alpha value is -2.35. The van der Waals surface area contributed by atoms with Crippen LogP contribution in [0.15, 0.2) is 18.2 Å². The van der Waals surface area contributed by atoms with E-state index in [1.165, 1.54) is 12.1 Å². The summed E-state index contributed by atoms with van der Waals surface area (Å²) in [6.07, 6.45) is 0. The maximum atomic E-state index is 13.4. The van der Waals surface area contributed by atoms with E-state index in [4.69, 9.17) is 11.0 Å². The number of nitrogens with zero attached hydrogens (tertiary/aromatic N) is 3. The molecule has 110 valence electrons. The van der Waals surface area contributed by atoms with Gasteiger partial charge in [-0.05, 0) is 25.1 Å². The van der Waals surface area contributed by atoms with Crippen LogP contribution in [0.1, 0.15) is 39.1 Å². The highest BCUT2D eigenvalue weighted by molar-refractivity contribution is 5.72. The molecule has 0 aliphatic carbocycles. The van der Waals surface area contributed by atoms with E-state index in [9.17, 15) is 4.39 Å². The summed E-state index contributed by atoms with van der Waals surface area (Å²) in [5.74, 6) is 0.879. The molecule has 5 heteroatoms. The molecule has 1 aromatic carbocycles. The first-order valence-electron chi connectivity index (χ1n) is 6.86. The number of nitrogen functional groups attached to an aromatic ring is 1. The third kappa shape index (κ3) is 2.62. The number of benzene rings is 1. The van der Waals surface area contributed by atoms with Crippen LogP contribution in [0, 0.1) is 17.1 Å². The van der Waals surface area contributed by atoms with Gasteiger partial charge >= 0.3 is 0 Å². The van der Waals surface area contributed by atoms with E-state index >= 15 is 0 Å². The van der Waals surface area contributed by atoms with E-state index in [1.807, 2.05) is 17.6 Å². The maximum Gasteiger partial charge on any atom is 0.140 e. The van der Waals surface area contributed by atoms with Gasteiger partial charge in [-0.25, -0.2) is 9.37 Å². The number of hydrogen-bond donors (Lipinski definition) is 1. The summed E-state index contributed by atoms with van der Waals surface area (Å²) in [6.45, 7) is 8.91. The Labute approximate surface area is 124 Å². The van der Waals surface area contributed by atoms with Gasteiger partial charge in [0.15, 0.2) is 0 Å². The molecule has 4 nitrogen and oxygen atoms in total. The average molecular weight is 286 g/mol. The van der Waals surface area contributed by atoms with Crippen LogP contribution in [0.3, 0.4) is 0 Å². The largest absolute Gasteiger partial charge is 0.383 e. The van der Waals surface area contributed by atoms with Gasteiger partial charge < -0.3 is 10.3 Å². The number of nitrogens with two attached hydrogens (primary N) is 1. The molecule has 1 aromatic heterocycles. The second-order valence-electron chi connectivity index (χ2n) is 5.97. The molecule has 0 spiro atoms. The molecule has 0 saturated heterocycles. The Morgan fingerprint density at radius 3 is 2.52 bits per heavy atom. The lowest BCUT2D eigenvalue weighted by Gasteiger charge is -2.19. The second kappa shape index (κ2) is 5.21. The van der Waals surface area contributed by atoms with Gasteiger partial charge in [-0.15, -0.1) is 0 Å². The minimum atomic E-state index is -0.536. The summed E-state index contributed by atoms with van der Waals surface area (Å²) >= 11 is 0. The lowest BCUT2D eigenvalue weighted by atomic mass is 9.95. The van der Waals surface area contributed by atoms with Gasteiger partial charge in [0.2, 0.25) is 0 Å². The fourth-order valence-electron chi connectivity index (χ4n) is 2.33. The van der Waals surface area contributed by atoms with Crippen LogP contribution < -0.4 is 5.73 Å². The van der Waals surface area contributed by atoms with E-state index < -0.39 is 5.82 Å². The number of rotatable bonds is 2. The standard InChI is InChI=1S/C16H19FN4/c1-5-21-14(19)13(20-15(21)16(2,3)4)10-6-7-12(17)11(8-10)9-18/h6-8H,5,19H2,1-4H3. The molecule has 1 heterocycles. The van der Waals surface area contributed by atoms with Gasteiger partial charge in [0, 0.05) is 17.5 Å². The van der Waals surface area contributed by atoms with Crippen LogP contribution in [0.25, 0.3) is 11.3 Å². The van der Waals surface area contributed by atoms with Crippen LogP contribution in [0.4, 0.5) is 10.2 Å². The number of nitriles is 1. The fourth-order valence-corrected chi connectivity index (χ4v) is 2.33. The van der Waals surface area contributed by atoms with E-state index in [1.54, 1.807) is 6.07 Å². The number of halogens is 1. The van der Waals surface area contributed by atoms with Crippen LogP contribution in [-0.2, 0) is 12.0 Å². The molecular weight excluding hydrogens is 267 g/mol. The van der Waals surface area contributed by atoms with Crippen molar-refractivity contribution >= 4 is 5.82 Å². The van der Waals surface area contributed by atoms with Gasteiger partial charge in [-0.3, -0.25) is 0 Å². The molecule has 0 amide bonds. The lowest BCUT2D eigenvalue weighted by Crippen LogP contribution is -2.19. The van der Waals surface area contributed by atoms with Gasteiger partial charge in [0.25, 0.3) is 0 Å². The third-order valence-corrected chi connectivity index (χ3v) is 3.35. The minimum absolute atomic E-state index is 0.00439. The number of anilines is 1. The fraction of sp³-hybridized carbons (Fsp3) is 0.375. The first-order chi connectivity index (χ1) is 9.79. The molecule has 0 aliphatic rings. The summed E-state index contributed by atoms with van der Waals surface area (Å²) in [5.41, 5.74) is 7.29. The Kier molecular flexibility index (Phi) is 3.73. The van der Waals surface area contributed by atoms with Gasteiger partial charge in [-0.1, -0.05) is 20.8 Å². The molecule has 0 fully saturated rings. The van der Waals surface area contributed by atoms with Gasteiger partial charge in [-0.2, -0.15) is 5.26 Å². The molecular formula is C16H19FN4. The Morgan fingerprint density at radius 1 is 1.38 bits per heavy atom. The van der Waals surface area contributed by atoms with Crippen LogP contribution in [0.5, 0.6) is 0 Å². The number of aromatic nitrogens is 2. The van der Waals surface area contributed by atoms with Crippen molar-refractivity contribution in [1.29, 1.82) is 5.26 Å². The van der Waals surface area contributed by atoms with Gasteiger partial charge in [0.05, 0.1) is 5.56 Å². The monoisotopic (exact) mass is 286 g/mol. The van der Waals surface area contributed by atoms with Crippen molar-refractivity contribution < 1.29 is 4.39 Å². The zero-order valence-electron chi connectivity index (χ0n) is 12.7. The SMILES string of the molecule is CCn1c(C(C)(C)C)nc(-c2ccc(F)c(C#N)c2)c1N. The van der Waals surface area contributed by atoms with Crippen molar-refractivity contribution in [2.75, 3.05) is 5.73 Å². The van der Waals surface area contributed by atoms with Crippen molar-refractivity contribution in [2.45, 2.75) is 39.7 Å². The van der Waals surface area contributed by atoms with Crippen molar-refractivity contribution in [2.24, 2.45) is 0 Å². The highest BCUT2D eigenvalue weighted by Crippen LogP contribution is 2.32. The van der Waals surface area contributed by atoms with Crippen molar-refractivity contribution in [3.63, 3.8) is 0 Å². The van der Waals surface area contributed by atoms with Gasteiger partial charge in [0.1, 0.15) is 29.2 Å². The molecule has 0 unspecified atom stereocenters. The molecule has 21 heavy (non-hydrogen) atoms. The molecule has 2 rings (SSSR count). The average Bonchev–Trinajstić information content (AvgIpc) is 2.76. The maximum absolute atomic E-state index is 13.4. The Balaban J connectivity index is 2.66. The van der Waals surface area contributed by atoms with Crippen LogP contribution in [0.2, 0.25) is 0 Å². The molecule has 0 atom stereocenters. The molecule has 2 aromatic rings. The first kappa shape index (κ1) is 15.0. The highest BCUT2D eigenvalue weighted by Gasteiger charge is 2.25. The van der Waals surface area contributed by atoms with Crippen molar-refractivity contribution in [1.82, 2.24) is 9.55 Å². The molecule has 0 aliphatic heterocycles. The van der Waals surface area contributed by atoms with Crippen LogP contribution >= 0.6 is 0 Å². The summed E-state index contributed by atoms with van der Waals surface area (Å²) < 4.78 is 15.4. The first-order valence-corrected chi connectivity index (χ1v) is 6.86. The number of imidazole rings is 1. The smallest absolute Gasteiger partial charge is 0.140 e. The molecule has 0 saturated carbocycles. The normalized spacial score (nSPS) is 11.4. The van der Waals surface area contributed by atoms with E-state index in [-0.39, 0.29) is 11.0 Å². The summed E-state index contributed by atoms with van der Waals surface area (Å²) in [6, 6.07) is 6.20. The zero-order valence-corrected chi connectivity index (χ0v) is 12.7. The molecule has 2 N–H and O–H groups in total. The van der Waals surface area contributed by atoms with E-state index in [2.05, 4.69) is 25.8 Å². The number of hydrogen-bond acceptors (Lipinski definition) is 3. The molecule has 0 bridgehead atoms. The van der Waals surface area contributed by atoms with E-state index in [0.717, 1.165) is 5.82 Å². The van der Waals surface area contributed by atoms with Crippen LogP contribution in [-0.4, -0.2) is 9.55 Å². The lowest BCUT2D eigenvalue weighted by molar-refractivity contribution is 0.508. The minimum Gasteiger partial charge on any atom is -0.383 e. The Morgan fingerprint density at radius 2 is 2.05 bits per heavy atom. The third-order valence-electron chi connectivity index (χ3n) is 3.35. The molecule has 0 radical (unpaired) electrons. The summed E-state index contributed by atoms with van der Waals surface area (Å²) in [7, 11) is 0. The second-order valence-corrected chi connectivity index (χ2v) is 5.97.